The Morgan fingerprint density at radius 2 is 2.00 bits per heavy atom. The molecule has 0 spiro atoms. The fourth-order valence-corrected chi connectivity index (χ4v) is 4.41. The molecule has 20 heavy (non-hydrogen) atoms. The number of sulfone groups is 1. The van der Waals surface area contributed by atoms with E-state index in [0.29, 0.717) is 6.42 Å². The number of aliphatic hydroxyl groups excluding tert-OH is 1. The minimum atomic E-state index is -3.02. The van der Waals surface area contributed by atoms with E-state index in [0.717, 1.165) is 24.8 Å². The Bertz CT molecular complexity index is 515. The van der Waals surface area contributed by atoms with E-state index < -0.39 is 9.84 Å². The molecule has 0 aromatic heterocycles. The molecule has 0 bridgehead atoms. The Labute approximate surface area is 121 Å². The second-order valence-electron chi connectivity index (χ2n) is 5.64. The third-order valence-corrected chi connectivity index (χ3v) is 5.66. The fraction of sp³-hybridized carbons (Fsp3) is 0.600. The van der Waals surface area contributed by atoms with Gasteiger partial charge in [-0.25, -0.2) is 8.42 Å². The van der Waals surface area contributed by atoms with Crippen LogP contribution in [0.3, 0.4) is 0 Å². The van der Waals surface area contributed by atoms with E-state index in [1.54, 1.807) is 0 Å². The van der Waals surface area contributed by atoms with Crippen molar-refractivity contribution in [3.8, 4) is 0 Å². The molecule has 1 aliphatic carbocycles. The zero-order valence-electron chi connectivity index (χ0n) is 11.8. The Hall–Kier alpha value is -0.910. The molecule has 0 aliphatic heterocycles. The number of hydrogen-bond acceptors (Lipinski definition) is 4. The molecular formula is C15H23NO3S. The maximum atomic E-state index is 11.8. The van der Waals surface area contributed by atoms with E-state index in [9.17, 15) is 13.5 Å². The summed E-state index contributed by atoms with van der Waals surface area (Å²) in [6.07, 6.45) is 4.54. The van der Waals surface area contributed by atoms with Crippen molar-refractivity contribution in [2.45, 2.75) is 43.0 Å². The van der Waals surface area contributed by atoms with Gasteiger partial charge in [0.1, 0.15) is 0 Å². The molecule has 3 atom stereocenters. The molecule has 1 aromatic rings. The average Bonchev–Trinajstić information content (AvgIpc) is 2.87. The van der Waals surface area contributed by atoms with Crippen LogP contribution in [-0.4, -0.2) is 43.7 Å². The molecule has 0 radical (unpaired) electrons. The van der Waals surface area contributed by atoms with Gasteiger partial charge >= 0.3 is 0 Å². The van der Waals surface area contributed by atoms with E-state index >= 15 is 0 Å². The van der Waals surface area contributed by atoms with Gasteiger partial charge in [-0.15, -0.1) is 0 Å². The highest BCUT2D eigenvalue weighted by molar-refractivity contribution is 7.91. The van der Waals surface area contributed by atoms with Crippen LogP contribution in [0.25, 0.3) is 0 Å². The van der Waals surface area contributed by atoms with Crippen molar-refractivity contribution in [3.63, 3.8) is 0 Å². The van der Waals surface area contributed by atoms with Crippen LogP contribution >= 0.6 is 0 Å². The zero-order chi connectivity index (χ0) is 14.6. The Balaban J connectivity index is 1.99. The quantitative estimate of drug-likeness (QED) is 0.826. The molecule has 2 rings (SSSR count). The van der Waals surface area contributed by atoms with E-state index in [1.807, 2.05) is 30.3 Å². The summed E-state index contributed by atoms with van der Waals surface area (Å²) in [6.45, 7) is 0.0158. The van der Waals surface area contributed by atoms with Crippen LogP contribution in [0.1, 0.15) is 24.8 Å². The van der Waals surface area contributed by atoms with Crippen molar-refractivity contribution >= 4 is 9.84 Å². The monoisotopic (exact) mass is 297 g/mol. The van der Waals surface area contributed by atoms with Gasteiger partial charge in [-0.05, 0) is 24.8 Å². The van der Waals surface area contributed by atoms with Gasteiger partial charge in [-0.1, -0.05) is 36.8 Å². The van der Waals surface area contributed by atoms with Gasteiger partial charge in [0.25, 0.3) is 0 Å². The number of aliphatic hydroxyl groups is 1. The summed E-state index contributed by atoms with van der Waals surface area (Å²) >= 11 is 0. The lowest BCUT2D eigenvalue weighted by atomic mass is 10.1. The fourth-order valence-electron chi connectivity index (χ4n) is 3.01. The summed E-state index contributed by atoms with van der Waals surface area (Å²) in [6, 6.07) is 9.81. The Kier molecular flexibility index (Phi) is 5.18. The first kappa shape index (κ1) is 15.5. The van der Waals surface area contributed by atoms with E-state index in [-0.39, 0.29) is 23.9 Å². The summed E-state index contributed by atoms with van der Waals surface area (Å²) in [5.41, 5.74) is 1.15. The average molecular weight is 297 g/mol. The lowest BCUT2D eigenvalue weighted by Crippen LogP contribution is -2.47. The van der Waals surface area contributed by atoms with Gasteiger partial charge in [-0.2, -0.15) is 0 Å². The van der Waals surface area contributed by atoms with Gasteiger partial charge in [0, 0.05) is 18.3 Å². The third kappa shape index (κ3) is 4.04. The van der Waals surface area contributed by atoms with E-state index in [2.05, 4.69) is 5.32 Å². The minimum Gasteiger partial charge on any atom is -0.395 e. The number of benzene rings is 1. The summed E-state index contributed by atoms with van der Waals surface area (Å²) in [4.78, 5) is 0. The first-order valence-electron chi connectivity index (χ1n) is 7.10. The van der Waals surface area contributed by atoms with Crippen molar-refractivity contribution < 1.29 is 13.5 Å². The Morgan fingerprint density at radius 1 is 1.30 bits per heavy atom. The van der Waals surface area contributed by atoms with Gasteiger partial charge in [0.15, 0.2) is 9.84 Å². The summed E-state index contributed by atoms with van der Waals surface area (Å²) in [5, 5.41) is 12.6. The van der Waals surface area contributed by atoms with E-state index in [1.165, 1.54) is 6.26 Å². The highest BCUT2D eigenvalue weighted by Crippen LogP contribution is 2.25. The standard InChI is InChI=1S/C15H23NO3S/c1-20(18,19)15-9-5-8-14(15)16-13(11-17)10-12-6-3-2-4-7-12/h2-4,6-7,13-17H,5,8-11H2,1H3/t13-,14?,15?/m1/s1. The number of hydrogen-bond donors (Lipinski definition) is 2. The summed E-state index contributed by atoms with van der Waals surface area (Å²) in [5.74, 6) is 0. The van der Waals surface area contributed by atoms with Crippen molar-refractivity contribution in [2.24, 2.45) is 0 Å². The maximum absolute atomic E-state index is 11.8. The number of rotatable bonds is 6. The first-order chi connectivity index (χ1) is 9.50. The van der Waals surface area contributed by atoms with Crippen molar-refractivity contribution in [1.29, 1.82) is 0 Å². The molecule has 1 fully saturated rings. The van der Waals surface area contributed by atoms with Crippen LogP contribution in [0.2, 0.25) is 0 Å². The molecule has 1 aromatic carbocycles. The second-order valence-corrected chi connectivity index (χ2v) is 7.91. The highest BCUT2D eigenvalue weighted by atomic mass is 32.2. The number of nitrogens with one attached hydrogen (secondary N) is 1. The topological polar surface area (TPSA) is 66.4 Å². The smallest absolute Gasteiger partial charge is 0.151 e. The molecule has 0 heterocycles. The molecule has 112 valence electrons. The predicted molar refractivity (Wildman–Crippen MR) is 80.4 cm³/mol. The van der Waals surface area contributed by atoms with Crippen molar-refractivity contribution in [3.05, 3.63) is 35.9 Å². The van der Waals surface area contributed by atoms with Crippen LogP contribution in [0.5, 0.6) is 0 Å². The molecule has 5 heteroatoms. The van der Waals surface area contributed by atoms with Crippen LogP contribution in [0.4, 0.5) is 0 Å². The lowest BCUT2D eigenvalue weighted by Gasteiger charge is -2.25. The SMILES string of the molecule is CS(=O)(=O)C1CCCC1N[C@@H](CO)Cc1ccccc1. The molecule has 2 N–H and O–H groups in total. The predicted octanol–water partition coefficient (Wildman–Crippen LogP) is 1.15. The molecule has 2 unspecified atom stereocenters. The Morgan fingerprint density at radius 3 is 2.60 bits per heavy atom. The largest absolute Gasteiger partial charge is 0.395 e. The molecular weight excluding hydrogens is 274 g/mol. The minimum absolute atomic E-state index is 0.0158. The third-order valence-electron chi connectivity index (χ3n) is 4.00. The maximum Gasteiger partial charge on any atom is 0.151 e. The van der Waals surface area contributed by atoms with Crippen LogP contribution in [0, 0.1) is 0 Å². The second kappa shape index (κ2) is 6.70. The molecule has 1 saturated carbocycles. The summed E-state index contributed by atoms with van der Waals surface area (Å²) in [7, 11) is -3.02. The summed E-state index contributed by atoms with van der Waals surface area (Å²) < 4.78 is 23.5. The van der Waals surface area contributed by atoms with Crippen LogP contribution in [0.15, 0.2) is 30.3 Å². The molecule has 0 amide bonds. The lowest BCUT2D eigenvalue weighted by molar-refractivity contribution is 0.230. The van der Waals surface area contributed by atoms with Crippen molar-refractivity contribution in [2.75, 3.05) is 12.9 Å². The van der Waals surface area contributed by atoms with Gasteiger partial charge in [-0.3, -0.25) is 0 Å². The molecule has 1 aliphatic rings. The molecule has 0 saturated heterocycles. The zero-order valence-corrected chi connectivity index (χ0v) is 12.6. The van der Waals surface area contributed by atoms with Gasteiger partial charge < -0.3 is 10.4 Å². The van der Waals surface area contributed by atoms with Gasteiger partial charge in [0.2, 0.25) is 0 Å². The van der Waals surface area contributed by atoms with Crippen LogP contribution in [-0.2, 0) is 16.3 Å². The molecule has 4 nitrogen and oxygen atoms in total. The van der Waals surface area contributed by atoms with Gasteiger partial charge in [0.05, 0.1) is 11.9 Å². The highest BCUT2D eigenvalue weighted by Gasteiger charge is 2.35. The van der Waals surface area contributed by atoms with Crippen LogP contribution < -0.4 is 5.32 Å². The van der Waals surface area contributed by atoms with Crippen molar-refractivity contribution in [1.82, 2.24) is 5.32 Å². The normalized spacial score (nSPS) is 24.7. The first-order valence-corrected chi connectivity index (χ1v) is 9.06. The van der Waals surface area contributed by atoms with E-state index in [4.69, 9.17) is 0 Å².